The minimum absolute atomic E-state index is 0.534. The molecule has 0 atom stereocenters. The number of carbonyl (C=O) groups excluding carboxylic acids is 1. The van der Waals surface area contributed by atoms with Crippen molar-refractivity contribution >= 4 is 6.09 Å². The molecule has 2 aromatic carbocycles. The van der Waals surface area contributed by atoms with Crippen LogP contribution in [0.5, 0.6) is 5.75 Å². The van der Waals surface area contributed by atoms with Gasteiger partial charge in [-0.3, -0.25) is 0 Å². The molecule has 0 aliphatic carbocycles. The van der Waals surface area contributed by atoms with Crippen molar-refractivity contribution < 1.29 is 9.53 Å². The molecule has 0 saturated carbocycles. The Labute approximate surface area is 106 Å². The summed E-state index contributed by atoms with van der Waals surface area (Å²) in [5.74, 6) is 0.534. The van der Waals surface area contributed by atoms with Crippen molar-refractivity contribution in [3.05, 3.63) is 65.2 Å². The Morgan fingerprint density at radius 2 is 1.83 bits per heavy atom. The molecule has 1 amide bonds. The molecule has 18 heavy (non-hydrogen) atoms. The number of amides is 1. The SMILES string of the molecule is Cc1cccc(OC(N)=O)c1Cc1ccccc1. The molecule has 2 aromatic rings. The van der Waals surface area contributed by atoms with Gasteiger partial charge in [0.15, 0.2) is 0 Å². The Morgan fingerprint density at radius 3 is 2.50 bits per heavy atom. The van der Waals surface area contributed by atoms with Gasteiger partial charge in [0, 0.05) is 12.0 Å². The van der Waals surface area contributed by atoms with Crippen molar-refractivity contribution in [1.29, 1.82) is 0 Å². The van der Waals surface area contributed by atoms with Gasteiger partial charge in [-0.2, -0.15) is 0 Å². The molecule has 0 aliphatic heterocycles. The summed E-state index contributed by atoms with van der Waals surface area (Å²) in [6.07, 6.45) is -0.0641. The summed E-state index contributed by atoms with van der Waals surface area (Å²) in [7, 11) is 0. The van der Waals surface area contributed by atoms with Crippen LogP contribution < -0.4 is 10.5 Å². The summed E-state index contributed by atoms with van der Waals surface area (Å²) < 4.78 is 5.04. The molecule has 3 heteroatoms. The number of hydrogen-bond acceptors (Lipinski definition) is 2. The fourth-order valence-electron chi connectivity index (χ4n) is 1.91. The Hall–Kier alpha value is -2.29. The van der Waals surface area contributed by atoms with Crippen LogP contribution in [0.2, 0.25) is 0 Å². The minimum atomic E-state index is -0.782. The zero-order chi connectivity index (χ0) is 13.0. The second-order valence-corrected chi connectivity index (χ2v) is 4.14. The van der Waals surface area contributed by atoms with Crippen molar-refractivity contribution in [2.24, 2.45) is 5.73 Å². The largest absolute Gasteiger partial charge is 0.410 e. The van der Waals surface area contributed by atoms with Crippen molar-refractivity contribution in [3.8, 4) is 5.75 Å². The number of nitrogens with two attached hydrogens (primary N) is 1. The molecule has 0 bridgehead atoms. The average Bonchev–Trinajstić information content (AvgIpc) is 2.34. The van der Waals surface area contributed by atoms with Gasteiger partial charge in [0.2, 0.25) is 0 Å². The van der Waals surface area contributed by atoms with Gasteiger partial charge in [-0.15, -0.1) is 0 Å². The number of aryl methyl sites for hydroxylation is 1. The summed E-state index contributed by atoms with van der Waals surface area (Å²) in [4.78, 5) is 10.9. The average molecular weight is 241 g/mol. The van der Waals surface area contributed by atoms with Gasteiger partial charge < -0.3 is 10.5 Å². The molecule has 92 valence electrons. The van der Waals surface area contributed by atoms with E-state index in [9.17, 15) is 4.79 Å². The quantitative estimate of drug-likeness (QED) is 0.897. The van der Waals surface area contributed by atoms with E-state index in [0.717, 1.165) is 17.5 Å². The first kappa shape index (κ1) is 12.2. The van der Waals surface area contributed by atoms with E-state index < -0.39 is 6.09 Å². The third-order valence-corrected chi connectivity index (χ3v) is 2.80. The molecular weight excluding hydrogens is 226 g/mol. The van der Waals surface area contributed by atoms with Gasteiger partial charge in [-0.25, -0.2) is 4.79 Å². The second-order valence-electron chi connectivity index (χ2n) is 4.14. The van der Waals surface area contributed by atoms with Gasteiger partial charge in [0.25, 0.3) is 0 Å². The first-order valence-corrected chi connectivity index (χ1v) is 5.76. The van der Waals surface area contributed by atoms with Crippen molar-refractivity contribution in [3.63, 3.8) is 0 Å². The number of benzene rings is 2. The van der Waals surface area contributed by atoms with E-state index in [-0.39, 0.29) is 0 Å². The topological polar surface area (TPSA) is 52.3 Å². The van der Waals surface area contributed by atoms with Crippen LogP contribution in [0.1, 0.15) is 16.7 Å². The molecule has 0 unspecified atom stereocenters. The highest BCUT2D eigenvalue weighted by atomic mass is 16.5. The summed E-state index contributed by atoms with van der Waals surface area (Å²) >= 11 is 0. The number of hydrogen-bond donors (Lipinski definition) is 1. The van der Waals surface area contributed by atoms with E-state index >= 15 is 0 Å². The Morgan fingerprint density at radius 1 is 1.11 bits per heavy atom. The minimum Gasteiger partial charge on any atom is -0.410 e. The van der Waals surface area contributed by atoms with Gasteiger partial charge in [-0.1, -0.05) is 42.5 Å². The number of primary amides is 1. The van der Waals surface area contributed by atoms with E-state index in [2.05, 4.69) is 0 Å². The second kappa shape index (κ2) is 5.36. The van der Waals surface area contributed by atoms with E-state index in [1.54, 1.807) is 6.07 Å². The Kier molecular flexibility index (Phi) is 3.63. The van der Waals surface area contributed by atoms with Crippen LogP contribution in [-0.4, -0.2) is 6.09 Å². The Balaban J connectivity index is 2.34. The first-order chi connectivity index (χ1) is 8.66. The van der Waals surface area contributed by atoms with Crippen molar-refractivity contribution in [2.45, 2.75) is 13.3 Å². The molecule has 0 radical (unpaired) electrons. The van der Waals surface area contributed by atoms with Crippen LogP contribution >= 0.6 is 0 Å². The fourth-order valence-corrected chi connectivity index (χ4v) is 1.91. The molecule has 0 aliphatic rings. The van der Waals surface area contributed by atoms with E-state index in [1.807, 2.05) is 49.4 Å². The van der Waals surface area contributed by atoms with Crippen LogP contribution in [0.4, 0.5) is 4.79 Å². The summed E-state index contributed by atoms with van der Waals surface area (Å²) in [5.41, 5.74) is 8.31. The summed E-state index contributed by atoms with van der Waals surface area (Å²) in [5, 5.41) is 0. The lowest BCUT2D eigenvalue weighted by Gasteiger charge is -2.11. The van der Waals surface area contributed by atoms with Crippen LogP contribution in [0.25, 0.3) is 0 Å². The lowest BCUT2D eigenvalue weighted by Crippen LogP contribution is -2.17. The monoisotopic (exact) mass is 241 g/mol. The standard InChI is InChI=1S/C15H15NO2/c1-11-6-5-9-14(18-15(16)17)13(11)10-12-7-3-2-4-8-12/h2-9H,10H2,1H3,(H2,16,17). The van der Waals surface area contributed by atoms with Crippen LogP contribution in [0, 0.1) is 6.92 Å². The molecule has 2 N–H and O–H groups in total. The van der Waals surface area contributed by atoms with Gasteiger partial charge in [-0.05, 0) is 24.1 Å². The molecule has 0 spiro atoms. The number of rotatable bonds is 3. The molecule has 3 nitrogen and oxygen atoms in total. The molecular formula is C15H15NO2. The predicted octanol–water partition coefficient (Wildman–Crippen LogP) is 3.04. The van der Waals surface area contributed by atoms with Crippen molar-refractivity contribution in [2.75, 3.05) is 0 Å². The van der Waals surface area contributed by atoms with Crippen LogP contribution in [-0.2, 0) is 6.42 Å². The zero-order valence-electron chi connectivity index (χ0n) is 10.2. The highest BCUT2D eigenvalue weighted by Crippen LogP contribution is 2.25. The molecule has 0 saturated heterocycles. The van der Waals surface area contributed by atoms with Crippen molar-refractivity contribution in [1.82, 2.24) is 0 Å². The summed E-state index contributed by atoms with van der Waals surface area (Å²) in [6.45, 7) is 1.99. The first-order valence-electron chi connectivity index (χ1n) is 5.76. The maximum absolute atomic E-state index is 10.9. The molecule has 0 heterocycles. The lowest BCUT2D eigenvalue weighted by molar-refractivity contribution is 0.210. The fraction of sp³-hybridized carbons (Fsp3) is 0.133. The lowest BCUT2D eigenvalue weighted by atomic mass is 10.00. The number of ether oxygens (including phenoxy) is 1. The Bertz CT molecular complexity index is 550. The maximum atomic E-state index is 10.9. The van der Waals surface area contributed by atoms with Gasteiger partial charge >= 0.3 is 6.09 Å². The third kappa shape index (κ3) is 2.88. The van der Waals surface area contributed by atoms with E-state index in [4.69, 9.17) is 10.5 Å². The highest BCUT2D eigenvalue weighted by molar-refractivity contribution is 5.69. The number of carbonyl (C=O) groups is 1. The maximum Gasteiger partial charge on any atom is 0.409 e. The van der Waals surface area contributed by atoms with Gasteiger partial charge in [0.1, 0.15) is 5.75 Å². The summed E-state index contributed by atoms with van der Waals surface area (Å²) in [6, 6.07) is 15.6. The molecule has 2 rings (SSSR count). The van der Waals surface area contributed by atoms with Crippen LogP contribution in [0.15, 0.2) is 48.5 Å². The highest BCUT2D eigenvalue weighted by Gasteiger charge is 2.09. The normalized spacial score (nSPS) is 10.1. The van der Waals surface area contributed by atoms with Gasteiger partial charge in [0.05, 0.1) is 0 Å². The third-order valence-electron chi connectivity index (χ3n) is 2.80. The van der Waals surface area contributed by atoms with E-state index in [1.165, 1.54) is 5.56 Å². The molecule has 0 aromatic heterocycles. The molecule has 0 fully saturated rings. The zero-order valence-corrected chi connectivity index (χ0v) is 10.2. The predicted molar refractivity (Wildman–Crippen MR) is 70.6 cm³/mol. The smallest absolute Gasteiger partial charge is 0.409 e. The van der Waals surface area contributed by atoms with E-state index in [0.29, 0.717) is 5.75 Å². The van der Waals surface area contributed by atoms with Crippen LogP contribution in [0.3, 0.4) is 0 Å².